The van der Waals surface area contributed by atoms with Gasteiger partial charge in [-0.3, -0.25) is 9.69 Å². The average molecular weight is 293 g/mol. The van der Waals surface area contributed by atoms with E-state index in [-0.39, 0.29) is 6.04 Å². The van der Waals surface area contributed by atoms with Crippen molar-refractivity contribution in [1.29, 1.82) is 0 Å². The Hall–Kier alpha value is -0.610. The molecular weight excluding hydrogens is 262 g/mol. The zero-order valence-electron chi connectivity index (χ0n) is 13.5. The number of nitrogens with zero attached hydrogens (tertiary/aromatic N) is 1. The maximum atomic E-state index is 12.6. The summed E-state index contributed by atoms with van der Waals surface area (Å²) in [6.07, 6.45) is 9.76. The molecule has 2 N–H and O–H groups in total. The van der Waals surface area contributed by atoms with Crippen molar-refractivity contribution < 1.29 is 4.79 Å². The minimum atomic E-state index is 0.144. The summed E-state index contributed by atoms with van der Waals surface area (Å²) in [5.74, 6) is 0.299. The van der Waals surface area contributed by atoms with Crippen molar-refractivity contribution in [2.75, 3.05) is 26.2 Å². The van der Waals surface area contributed by atoms with Crippen LogP contribution in [0.3, 0.4) is 0 Å². The summed E-state index contributed by atoms with van der Waals surface area (Å²) in [5, 5.41) is 6.71. The van der Waals surface area contributed by atoms with Gasteiger partial charge in [0, 0.05) is 12.6 Å². The van der Waals surface area contributed by atoms with E-state index < -0.39 is 0 Å². The van der Waals surface area contributed by atoms with E-state index in [1.165, 1.54) is 44.9 Å². The second kappa shape index (κ2) is 6.66. The first-order valence-corrected chi connectivity index (χ1v) is 8.98. The molecule has 1 atom stereocenters. The second-order valence-corrected chi connectivity index (χ2v) is 7.34. The number of rotatable bonds is 6. The van der Waals surface area contributed by atoms with E-state index in [4.69, 9.17) is 0 Å². The minimum Gasteiger partial charge on any atom is -0.354 e. The number of likely N-dealkylation sites (tertiary alicyclic amines) is 1. The summed E-state index contributed by atoms with van der Waals surface area (Å²) in [5.41, 5.74) is 0.461. The van der Waals surface area contributed by atoms with E-state index >= 15 is 0 Å². The number of carbonyl (C=O) groups excluding carboxylic acids is 1. The number of piperidine rings is 1. The molecule has 0 aromatic carbocycles. The molecule has 120 valence electrons. The molecule has 1 unspecified atom stereocenters. The predicted molar refractivity (Wildman–Crippen MR) is 85.2 cm³/mol. The fraction of sp³-hybridized carbons (Fsp3) is 0.941. The van der Waals surface area contributed by atoms with Crippen LogP contribution in [0.1, 0.15) is 58.3 Å². The van der Waals surface area contributed by atoms with Gasteiger partial charge in [-0.05, 0) is 70.0 Å². The third-order valence-electron chi connectivity index (χ3n) is 5.75. The van der Waals surface area contributed by atoms with Gasteiger partial charge in [0.05, 0.1) is 6.04 Å². The lowest BCUT2D eigenvalue weighted by atomic mass is 10.00. The van der Waals surface area contributed by atoms with Crippen LogP contribution in [0.2, 0.25) is 0 Å². The molecule has 4 heteroatoms. The molecule has 0 spiro atoms. The van der Waals surface area contributed by atoms with Crippen molar-refractivity contribution in [1.82, 2.24) is 15.5 Å². The Balaban J connectivity index is 1.51. The first-order valence-electron chi connectivity index (χ1n) is 8.98. The molecule has 0 radical (unpaired) electrons. The van der Waals surface area contributed by atoms with Crippen molar-refractivity contribution >= 4 is 5.91 Å². The Morgan fingerprint density at radius 3 is 2.71 bits per heavy atom. The normalized spacial score (nSPS) is 29.5. The highest BCUT2D eigenvalue weighted by Crippen LogP contribution is 2.48. The summed E-state index contributed by atoms with van der Waals surface area (Å²) in [6, 6.07) is 0.764. The average Bonchev–Trinajstić information content (AvgIpc) is 3.10. The van der Waals surface area contributed by atoms with Gasteiger partial charge in [-0.15, -0.1) is 0 Å². The molecule has 1 saturated carbocycles. The van der Waals surface area contributed by atoms with E-state index in [1.54, 1.807) is 0 Å². The van der Waals surface area contributed by atoms with E-state index in [0.29, 0.717) is 17.4 Å². The second-order valence-electron chi connectivity index (χ2n) is 7.34. The molecule has 0 aromatic heterocycles. The molecule has 3 aliphatic rings. The van der Waals surface area contributed by atoms with Gasteiger partial charge in [-0.25, -0.2) is 0 Å². The van der Waals surface area contributed by atoms with Crippen molar-refractivity contribution in [3.05, 3.63) is 0 Å². The molecule has 4 nitrogen and oxygen atoms in total. The van der Waals surface area contributed by atoms with Gasteiger partial charge in [-0.1, -0.05) is 13.3 Å². The highest BCUT2D eigenvalue weighted by molar-refractivity contribution is 5.82. The third kappa shape index (κ3) is 3.59. The largest absolute Gasteiger partial charge is 0.354 e. The molecule has 0 bridgehead atoms. The first-order chi connectivity index (χ1) is 10.2. The molecule has 2 aliphatic heterocycles. The molecule has 2 heterocycles. The number of carbonyl (C=O) groups is 1. The quantitative estimate of drug-likeness (QED) is 0.786. The summed E-state index contributed by atoms with van der Waals surface area (Å²) >= 11 is 0. The first kappa shape index (κ1) is 15.3. The summed E-state index contributed by atoms with van der Waals surface area (Å²) in [7, 11) is 0. The van der Waals surface area contributed by atoms with Crippen LogP contribution in [0.5, 0.6) is 0 Å². The van der Waals surface area contributed by atoms with E-state index in [9.17, 15) is 4.79 Å². The fourth-order valence-electron chi connectivity index (χ4n) is 4.26. The van der Waals surface area contributed by atoms with Gasteiger partial charge in [0.15, 0.2) is 0 Å². The topological polar surface area (TPSA) is 44.4 Å². The van der Waals surface area contributed by atoms with Gasteiger partial charge in [0.2, 0.25) is 5.91 Å². The smallest absolute Gasteiger partial charge is 0.237 e. The molecule has 3 rings (SSSR count). The van der Waals surface area contributed by atoms with Crippen LogP contribution in [0.4, 0.5) is 0 Å². The number of hydrogen-bond donors (Lipinski definition) is 2. The minimum absolute atomic E-state index is 0.144. The van der Waals surface area contributed by atoms with Gasteiger partial charge in [-0.2, -0.15) is 0 Å². The van der Waals surface area contributed by atoms with Crippen molar-refractivity contribution in [2.24, 2.45) is 5.41 Å². The van der Waals surface area contributed by atoms with Crippen LogP contribution >= 0.6 is 0 Å². The summed E-state index contributed by atoms with van der Waals surface area (Å²) < 4.78 is 0. The van der Waals surface area contributed by atoms with Crippen LogP contribution in [-0.4, -0.2) is 49.1 Å². The van der Waals surface area contributed by atoms with Crippen molar-refractivity contribution in [3.8, 4) is 0 Å². The molecule has 21 heavy (non-hydrogen) atoms. The Bertz CT molecular complexity index is 361. The van der Waals surface area contributed by atoms with Crippen molar-refractivity contribution in [2.45, 2.75) is 70.4 Å². The highest BCUT2D eigenvalue weighted by Gasteiger charge is 2.42. The number of hydrogen-bond acceptors (Lipinski definition) is 3. The Kier molecular flexibility index (Phi) is 4.85. The molecule has 2 saturated heterocycles. The third-order valence-corrected chi connectivity index (χ3v) is 5.75. The zero-order chi connectivity index (χ0) is 14.7. The SMILES string of the molecule is CCCC1(CNC(=O)C2CCCN2C2CCNCC2)CC1. The highest BCUT2D eigenvalue weighted by atomic mass is 16.2. The Morgan fingerprint density at radius 2 is 2.05 bits per heavy atom. The molecule has 1 aliphatic carbocycles. The van der Waals surface area contributed by atoms with Crippen LogP contribution in [0, 0.1) is 5.41 Å². The lowest BCUT2D eigenvalue weighted by Crippen LogP contribution is -2.51. The lowest BCUT2D eigenvalue weighted by Gasteiger charge is -2.35. The monoisotopic (exact) mass is 293 g/mol. The number of nitrogens with one attached hydrogen (secondary N) is 2. The van der Waals surface area contributed by atoms with Crippen LogP contribution in [0.15, 0.2) is 0 Å². The number of amides is 1. The fourth-order valence-corrected chi connectivity index (χ4v) is 4.26. The molecule has 1 amide bonds. The van der Waals surface area contributed by atoms with Crippen molar-refractivity contribution in [3.63, 3.8) is 0 Å². The van der Waals surface area contributed by atoms with Gasteiger partial charge in [0.25, 0.3) is 0 Å². The van der Waals surface area contributed by atoms with Crippen LogP contribution in [0.25, 0.3) is 0 Å². The van der Waals surface area contributed by atoms with Crippen LogP contribution < -0.4 is 10.6 Å². The summed E-state index contributed by atoms with van der Waals surface area (Å²) in [6.45, 7) is 6.49. The molecular formula is C17H31N3O. The van der Waals surface area contributed by atoms with E-state index in [1.807, 2.05) is 0 Å². The van der Waals surface area contributed by atoms with E-state index in [0.717, 1.165) is 32.6 Å². The maximum Gasteiger partial charge on any atom is 0.237 e. The molecule has 3 fully saturated rings. The lowest BCUT2D eigenvalue weighted by molar-refractivity contribution is -0.126. The Morgan fingerprint density at radius 1 is 1.29 bits per heavy atom. The predicted octanol–water partition coefficient (Wildman–Crippen LogP) is 1.90. The standard InChI is InChI=1S/C17H31N3O/c1-2-7-17(8-9-17)13-19-16(21)15-4-3-12-20(15)14-5-10-18-11-6-14/h14-15,18H,2-13H2,1H3,(H,19,21). The van der Waals surface area contributed by atoms with E-state index in [2.05, 4.69) is 22.5 Å². The van der Waals surface area contributed by atoms with Gasteiger partial charge < -0.3 is 10.6 Å². The maximum absolute atomic E-state index is 12.6. The van der Waals surface area contributed by atoms with Gasteiger partial charge >= 0.3 is 0 Å². The zero-order valence-corrected chi connectivity index (χ0v) is 13.5. The van der Waals surface area contributed by atoms with Gasteiger partial charge in [0.1, 0.15) is 0 Å². The molecule has 0 aromatic rings. The summed E-state index contributed by atoms with van der Waals surface area (Å²) in [4.78, 5) is 15.1. The Labute approximate surface area is 129 Å². The van der Waals surface area contributed by atoms with Crippen LogP contribution in [-0.2, 0) is 4.79 Å².